The minimum atomic E-state index is -3.53. The largest absolute Gasteiger partial charge is 0.334 e. The first-order valence-electron chi connectivity index (χ1n) is 10.9. The highest BCUT2D eigenvalue weighted by Crippen LogP contribution is 2.31. The first kappa shape index (κ1) is 22.4. The molecule has 0 saturated carbocycles. The van der Waals surface area contributed by atoms with Crippen molar-refractivity contribution in [2.24, 2.45) is 0 Å². The molecule has 0 bridgehead atoms. The molecule has 2 aromatic heterocycles. The molecule has 0 spiro atoms. The second kappa shape index (κ2) is 8.99. The van der Waals surface area contributed by atoms with Gasteiger partial charge >= 0.3 is 0 Å². The normalized spacial score (nSPS) is 16.9. The molecule has 3 heterocycles. The minimum absolute atomic E-state index is 0.0347. The molecule has 32 heavy (non-hydrogen) atoms. The lowest BCUT2D eigenvalue weighted by atomic mass is 10.1. The van der Waals surface area contributed by atoms with E-state index in [-0.39, 0.29) is 16.8 Å². The Kier molecular flexibility index (Phi) is 6.30. The number of pyridine rings is 1. The second-order valence-corrected chi connectivity index (χ2v) is 10.4. The van der Waals surface area contributed by atoms with Crippen molar-refractivity contribution in [1.82, 2.24) is 23.7 Å². The van der Waals surface area contributed by atoms with Crippen LogP contribution in [0.25, 0.3) is 11.0 Å². The van der Waals surface area contributed by atoms with Crippen molar-refractivity contribution in [2.75, 3.05) is 20.6 Å². The quantitative estimate of drug-likeness (QED) is 0.546. The van der Waals surface area contributed by atoms with Gasteiger partial charge in [0.2, 0.25) is 15.9 Å². The molecular formula is C23H29N5O3S. The Bertz CT molecular complexity index is 1220. The van der Waals surface area contributed by atoms with E-state index in [4.69, 9.17) is 0 Å². The lowest BCUT2D eigenvalue weighted by Crippen LogP contribution is -2.31. The highest BCUT2D eigenvalue weighted by molar-refractivity contribution is 7.89. The number of benzene rings is 1. The van der Waals surface area contributed by atoms with E-state index in [1.54, 1.807) is 24.4 Å². The maximum atomic E-state index is 13.1. The molecule has 1 atom stereocenters. The number of fused-ring (bicyclic) bond motifs is 1. The summed E-state index contributed by atoms with van der Waals surface area (Å²) >= 11 is 0. The summed E-state index contributed by atoms with van der Waals surface area (Å²) in [6, 6.07) is 10.9. The van der Waals surface area contributed by atoms with E-state index >= 15 is 0 Å². The molecule has 1 saturated heterocycles. The molecule has 0 radical (unpaired) electrons. The zero-order valence-electron chi connectivity index (χ0n) is 18.7. The molecule has 4 rings (SSSR count). The van der Waals surface area contributed by atoms with Crippen molar-refractivity contribution < 1.29 is 13.2 Å². The third-order valence-corrected chi connectivity index (χ3v) is 7.87. The Labute approximate surface area is 188 Å². The molecule has 0 aliphatic carbocycles. The van der Waals surface area contributed by atoms with Gasteiger partial charge in [-0.15, -0.1) is 0 Å². The van der Waals surface area contributed by atoms with E-state index in [9.17, 15) is 13.2 Å². The van der Waals surface area contributed by atoms with Crippen LogP contribution in [0.2, 0.25) is 0 Å². The van der Waals surface area contributed by atoms with Gasteiger partial charge < -0.3 is 9.47 Å². The number of likely N-dealkylation sites (tertiary alicyclic amines) is 1. The number of imidazole rings is 1. The Balaban J connectivity index is 1.54. The number of aryl methyl sites for hydroxylation is 2. The predicted octanol–water partition coefficient (Wildman–Crippen LogP) is 3.00. The first-order chi connectivity index (χ1) is 15.3. The van der Waals surface area contributed by atoms with Crippen molar-refractivity contribution in [3.05, 3.63) is 54.1 Å². The summed E-state index contributed by atoms with van der Waals surface area (Å²) in [4.78, 5) is 24.3. The molecule has 1 aliphatic heterocycles. The topological polar surface area (TPSA) is 88.4 Å². The van der Waals surface area contributed by atoms with Crippen LogP contribution in [-0.2, 0) is 27.8 Å². The highest BCUT2D eigenvalue weighted by atomic mass is 32.2. The number of amides is 1. The monoisotopic (exact) mass is 455 g/mol. The van der Waals surface area contributed by atoms with Crippen LogP contribution in [0.1, 0.15) is 43.7 Å². The number of aromatic nitrogens is 3. The molecule has 1 unspecified atom stereocenters. The molecule has 0 N–H and O–H groups in total. The molecule has 9 heteroatoms. The van der Waals surface area contributed by atoms with Crippen LogP contribution < -0.4 is 0 Å². The molecule has 170 valence electrons. The molecule has 1 aromatic carbocycles. The molecule has 1 aliphatic rings. The lowest BCUT2D eigenvalue weighted by molar-refractivity contribution is -0.132. The summed E-state index contributed by atoms with van der Waals surface area (Å²) in [5.74, 6) is 0.896. The van der Waals surface area contributed by atoms with Crippen LogP contribution in [0.15, 0.2) is 47.5 Å². The highest BCUT2D eigenvalue weighted by Gasteiger charge is 2.30. The van der Waals surface area contributed by atoms with Gasteiger partial charge in [0.1, 0.15) is 5.82 Å². The van der Waals surface area contributed by atoms with Crippen molar-refractivity contribution >= 4 is 27.0 Å². The van der Waals surface area contributed by atoms with Crippen LogP contribution in [0.3, 0.4) is 0 Å². The molecule has 1 amide bonds. The number of sulfonamides is 1. The smallest absolute Gasteiger partial charge is 0.242 e. The number of nitrogens with zero attached hydrogens (tertiary/aromatic N) is 5. The zero-order valence-corrected chi connectivity index (χ0v) is 19.5. The molecule has 1 fully saturated rings. The van der Waals surface area contributed by atoms with Crippen molar-refractivity contribution in [3.8, 4) is 0 Å². The van der Waals surface area contributed by atoms with E-state index in [2.05, 4.69) is 14.5 Å². The van der Waals surface area contributed by atoms with Gasteiger partial charge in [-0.3, -0.25) is 9.78 Å². The summed E-state index contributed by atoms with van der Waals surface area (Å²) in [6.45, 7) is 3.46. The number of hydrogen-bond donors (Lipinski definition) is 0. The van der Waals surface area contributed by atoms with Gasteiger partial charge in [0.25, 0.3) is 0 Å². The van der Waals surface area contributed by atoms with Gasteiger partial charge in [-0.05, 0) is 50.1 Å². The van der Waals surface area contributed by atoms with Gasteiger partial charge in [-0.25, -0.2) is 17.7 Å². The van der Waals surface area contributed by atoms with Gasteiger partial charge in [0, 0.05) is 46.2 Å². The Morgan fingerprint density at radius 2 is 2.03 bits per heavy atom. The van der Waals surface area contributed by atoms with Gasteiger partial charge in [-0.1, -0.05) is 6.07 Å². The van der Waals surface area contributed by atoms with Gasteiger partial charge in [0.15, 0.2) is 0 Å². The maximum absolute atomic E-state index is 13.1. The fraction of sp³-hybridized carbons (Fsp3) is 0.435. The number of carbonyl (C=O) groups is 1. The Morgan fingerprint density at radius 1 is 1.22 bits per heavy atom. The van der Waals surface area contributed by atoms with E-state index in [0.29, 0.717) is 24.9 Å². The predicted molar refractivity (Wildman–Crippen MR) is 123 cm³/mol. The molecular weight excluding hydrogens is 426 g/mol. The van der Waals surface area contributed by atoms with E-state index in [0.717, 1.165) is 36.4 Å². The summed E-state index contributed by atoms with van der Waals surface area (Å²) in [5, 5.41) is 0. The third kappa shape index (κ3) is 4.14. The summed E-state index contributed by atoms with van der Waals surface area (Å²) in [7, 11) is -0.507. The minimum Gasteiger partial charge on any atom is -0.334 e. The fourth-order valence-corrected chi connectivity index (χ4v) is 5.30. The van der Waals surface area contributed by atoms with Crippen molar-refractivity contribution in [3.63, 3.8) is 0 Å². The lowest BCUT2D eigenvalue weighted by Gasteiger charge is -2.24. The van der Waals surface area contributed by atoms with Crippen molar-refractivity contribution in [1.29, 1.82) is 0 Å². The number of rotatable bonds is 7. The van der Waals surface area contributed by atoms with Crippen LogP contribution in [-0.4, -0.2) is 58.7 Å². The zero-order chi connectivity index (χ0) is 22.9. The third-order valence-electron chi connectivity index (χ3n) is 6.06. The number of carbonyl (C=O) groups excluding carboxylic acids is 1. The Morgan fingerprint density at radius 3 is 2.72 bits per heavy atom. The van der Waals surface area contributed by atoms with E-state index < -0.39 is 10.0 Å². The summed E-state index contributed by atoms with van der Waals surface area (Å²) in [6.07, 6.45) is 4.53. The van der Waals surface area contributed by atoms with Crippen molar-refractivity contribution in [2.45, 2.75) is 50.1 Å². The first-order valence-corrected chi connectivity index (χ1v) is 12.4. The van der Waals surface area contributed by atoms with Crippen LogP contribution in [0.5, 0.6) is 0 Å². The Hall–Kier alpha value is -2.78. The fourth-order valence-electron chi connectivity index (χ4n) is 4.38. The van der Waals surface area contributed by atoms with Gasteiger partial charge in [-0.2, -0.15) is 0 Å². The molecule has 3 aromatic rings. The van der Waals surface area contributed by atoms with E-state index in [1.807, 2.05) is 30.0 Å². The van der Waals surface area contributed by atoms with E-state index in [1.165, 1.54) is 18.4 Å². The summed E-state index contributed by atoms with van der Waals surface area (Å²) in [5.41, 5.74) is 2.44. The SMILES string of the molecule is CCn1c(CCC(=O)N2CCCC2c2ccccn2)nc2cc(S(=O)(=O)N(C)C)ccc21. The van der Waals surface area contributed by atoms with Gasteiger partial charge in [0.05, 0.1) is 27.7 Å². The number of hydrogen-bond acceptors (Lipinski definition) is 5. The molecule has 8 nitrogen and oxygen atoms in total. The summed E-state index contributed by atoms with van der Waals surface area (Å²) < 4.78 is 28.2. The van der Waals surface area contributed by atoms with Crippen LogP contribution >= 0.6 is 0 Å². The average Bonchev–Trinajstić information content (AvgIpc) is 3.42. The maximum Gasteiger partial charge on any atom is 0.242 e. The van der Waals surface area contributed by atoms with Crippen LogP contribution in [0, 0.1) is 0 Å². The second-order valence-electron chi connectivity index (χ2n) is 8.21. The van der Waals surface area contributed by atoms with Crippen LogP contribution in [0.4, 0.5) is 0 Å². The average molecular weight is 456 g/mol. The standard InChI is InChI=1S/C23H29N5O3S/c1-4-27-21-11-10-17(32(30,31)26(2)3)16-19(21)25-22(27)12-13-23(29)28-15-7-9-20(28)18-8-5-6-14-24-18/h5-6,8,10-11,14,16,20H,4,7,9,12-13,15H2,1-3H3.